The third-order valence-corrected chi connectivity index (χ3v) is 5.53. The maximum atomic E-state index is 6.35. The zero-order valence-corrected chi connectivity index (χ0v) is 15.1. The zero-order chi connectivity index (χ0) is 17.2. The fourth-order valence-corrected chi connectivity index (χ4v) is 3.87. The van der Waals surface area contributed by atoms with E-state index >= 15 is 0 Å². The Morgan fingerprint density at radius 1 is 1.24 bits per heavy atom. The highest BCUT2D eigenvalue weighted by molar-refractivity contribution is 7.98. The van der Waals surface area contributed by atoms with Crippen LogP contribution in [-0.2, 0) is 19.2 Å². The lowest BCUT2D eigenvalue weighted by molar-refractivity contribution is 0.616. The van der Waals surface area contributed by atoms with Crippen molar-refractivity contribution >= 4 is 11.8 Å². The van der Waals surface area contributed by atoms with Crippen LogP contribution in [0, 0.1) is 0 Å². The maximum Gasteiger partial charge on any atom is 0.191 e. The third-order valence-electron chi connectivity index (χ3n) is 4.52. The highest BCUT2D eigenvalue weighted by Crippen LogP contribution is 2.36. The Labute approximate surface area is 151 Å². The van der Waals surface area contributed by atoms with Gasteiger partial charge in [-0.15, -0.1) is 10.2 Å². The second-order valence-electron chi connectivity index (χ2n) is 6.47. The van der Waals surface area contributed by atoms with Crippen LogP contribution in [0.3, 0.4) is 0 Å². The fourth-order valence-electron chi connectivity index (χ4n) is 3.00. The number of imidazole rings is 1. The largest absolute Gasteiger partial charge is 0.331 e. The Morgan fingerprint density at radius 3 is 2.80 bits per heavy atom. The Bertz CT molecular complexity index is 836. The summed E-state index contributed by atoms with van der Waals surface area (Å²) < 4.78 is 4.29. The molecule has 3 aromatic rings. The first-order valence-electron chi connectivity index (χ1n) is 8.55. The maximum absolute atomic E-state index is 6.35. The summed E-state index contributed by atoms with van der Waals surface area (Å²) in [5.74, 6) is 2.71. The van der Waals surface area contributed by atoms with Gasteiger partial charge < -0.3 is 14.9 Å². The molecule has 0 unspecified atom stereocenters. The average molecular weight is 354 g/mol. The van der Waals surface area contributed by atoms with Gasteiger partial charge in [-0.3, -0.25) is 0 Å². The van der Waals surface area contributed by atoms with Gasteiger partial charge in [0.25, 0.3) is 0 Å². The van der Waals surface area contributed by atoms with Crippen LogP contribution in [0.5, 0.6) is 0 Å². The van der Waals surface area contributed by atoms with E-state index in [1.54, 1.807) is 11.8 Å². The number of benzene rings is 1. The summed E-state index contributed by atoms with van der Waals surface area (Å²) in [5, 5.41) is 9.53. The minimum absolute atomic E-state index is 0.164. The van der Waals surface area contributed by atoms with E-state index in [2.05, 4.69) is 38.1 Å². The quantitative estimate of drug-likeness (QED) is 0.660. The molecule has 0 aliphatic heterocycles. The van der Waals surface area contributed by atoms with Gasteiger partial charge in [-0.1, -0.05) is 42.1 Å². The van der Waals surface area contributed by atoms with E-state index in [-0.39, 0.29) is 6.04 Å². The van der Waals surface area contributed by atoms with Gasteiger partial charge in [0.2, 0.25) is 0 Å². The Morgan fingerprint density at radius 2 is 2.04 bits per heavy atom. The minimum Gasteiger partial charge on any atom is -0.331 e. The zero-order valence-electron chi connectivity index (χ0n) is 14.2. The van der Waals surface area contributed by atoms with Crippen molar-refractivity contribution in [1.82, 2.24) is 24.3 Å². The van der Waals surface area contributed by atoms with Gasteiger partial charge in [-0.25, -0.2) is 4.98 Å². The summed E-state index contributed by atoms with van der Waals surface area (Å²) >= 11 is 1.66. The second kappa shape index (κ2) is 7.01. The van der Waals surface area contributed by atoms with Crippen LogP contribution in [0.15, 0.2) is 47.9 Å². The topological polar surface area (TPSA) is 74.5 Å². The van der Waals surface area contributed by atoms with Crippen molar-refractivity contribution in [3.8, 4) is 0 Å². The molecule has 1 saturated carbocycles. The normalized spacial score (nSPS) is 15.4. The lowest BCUT2D eigenvalue weighted by atomic mass is 10.1. The smallest absolute Gasteiger partial charge is 0.191 e. The van der Waals surface area contributed by atoms with E-state index in [1.807, 2.05) is 36.0 Å². The number of rotatable bonds is 7. The van der Waals surface area contributed by atoms with E-state index in [9.17, 15) is 0 Å². The van der Waals surface area contributed by atoms with Gasteiger partial charge in [0.1, 0.15) is 5.82 Å². The molecule has 2 aromatic heterocycles. The van der Waals surface area contributed by atoms with Gasteiger partial charge in [0.05, 0.1) is 11.8 Å². The molecule has 0 saturated heterocycles. The highest BCUT2D eigenvalue weighted by atomic mass is 32.2. The van der Waals surface area contributed by atoms with Crippen LogP contribution in [0.25, 0.3) is 0 Å². The number of hydrogen-bond donors (Lipinski definition) is 1. The Balaban J connectivity index is 1.42. The number of nitrogens with two attached hydrogens (primary N) is 1. The van der Waals surface area contributed by atoms with Gasteiger partial charge in [0.15, 0.2) is 11.0 Å². The summed E-state index contributed by atoms with van der Waals surface area (Å²) in [6.07, 6.45) is 7.23. The molecule has 0 bridgehead atoms. The van der Waals surface area contributed by atoms with E-state index in [0.717, 1.165) is 29.0 Å². The highest BCUT2D eigenvalue weighted by Gasteiger charge is 2.25. The van der Waals surface area contributed by atoms with Crippen LogP contribution in [0.4, 0.5) is 0 Å². The van der Waals surface area contributed by atoms with E-state index in [0.29, 0.717) is 6.04 Å². The average Bonchev–Trinajstić information content (AvgIpc) is 3.24. The molecule has 1 aromatic carbocycles. The van der Waals surface area contributed by atoms with Crippen LogP contribution >= 0.6 is 11.8 Å². The number of thioether (sulfide) groups is 1. The number of aromatic nitrogens is 5. The number of nitrogens with zero attached hydrogens (tertiary/aromatic N) is 5. The molecule has 0 amide bonds. The van der Waals surface area contributed by atoms with E-state index < -0.39 is 0 Å². The predicted molar refractivity (Wildman–Crippen MR) is 98.1 cm³/mol. The van der Waals surface area contributed by atoms with E-state index in [1.165, 1.54) is 18.4 Å². The molecule has 0 spiro atoms. The van der Waals surface area contributed by atoms with Crippen molar-refractivity contribution in [3.63, 3.8) is 0 Å². The molecular formula is C18H22N6S. The van der Waals surface area contributed by atoms with Crippen molar-refractivity contribution < 1.29 is 0 Å². The lowest BCUT2D eigenvalue weighted by Crippen LogP contribution is -2.18. The second-order valence-corrected chi connectivity index (χ2v) is 7.41. The SMILES string of the molecule is Cn1c(SCc2nccn2C2CC2)nnc1[C@H](N)Cc1ccccc1. The molecule has 130 valence electrons. The first kappa shape index (κ1) is 16.4. The van der Waals surface area contributed by atoms with Crippen LogP contribution in [-0.4, -0.2) is 24.3 Å². The van der Waals surface area contributed by atoms with Crippen molar-refractivity contribution in [2.24, 2.45) is 12.8 Å². The first-order chi connectivity index (χ1) is 12.2. The summed E-state index contributed by atoms with van der Waals surface area (Å²) in [7, 11) is 1.98. The minimum atomic E-state index is -0.164. The Hall–Kier alpha value is -2.12. The van der Waals surface area contributed by atoms with Crippen molar-refractivity contribution in [3.05, 3.63) is 59.9 Å². The molecule has 1 atom stereocenters. The summed E-state index contributed by atoms with van der Waals surface area (Å²) in [5.41, 5.74) is 7.56. The predicted octanol–water partition coefficient (Wildman–Crippen LogP) is 2.88. The van der Waals surface area contributed by atoms with Crippen molar-refractivity contribution in [2.45, 2.75) is 42.3 Å². The van der Waals surface area contributed by atoms with E-state index in [4.69, 9.17) is 5.73 Å². The van der Waals surface area contributed by atoms with Gasteiger partial charge in [0, 0.05) is 25.5 Å². The standard InChI is InChI=1S/C18H22N6S/c1-23-17(15(19)11-13-5-3-2-4-6-13)21-22-18(23)25-12-16-20-9-10-24(16)14-7-8-14/h2-6,9-10,14-15H,7-8,11-12,19H2,1H3/t15-/m1/s1. The molecule has 0 radical (unpaired) electrons. The van der Waals surface area contributed by atoms with Gasteiger partial charge >= 0.3 is 0 Å². The fraction of sp³-hybridized carbons (Fsp3) is 0.389. The van der Waals surface area contributed by atoms with Crippen LogP contribution in [0.2, 0.25) is 0 Å². The van der Waals surface area contributed by atoms with Crippen molar-refractivity contribution in [2.75, 3.05) is 0 Å². The molecule has 4 rings (SSSR count). The van der Waals surface area contributed by atoms with Crippen molar-refractivity contribution in [1.29, 1.82) is 0 Å². The monoisotopic (exact) mass is 354 g/mol. The Kier molecular flexibility index (Phi) is 4.59. The first-order valence-corrected chi connectivity index (χ1v) is 9.54. The number of hydrogen-bond acceptors (Lipinski definition) is 5. The van der Waals surface area contributed by atoms with Crippen LogP contribution in [0.1, 0.15) is 42.1 Å². The van der Waals surface area contributed by atoms with Crippen LogP contribution < -0.4 is 5.73 Å². The summed E-state index contributed by atoms with van der Waals surface area (Å²) in [4.78, 5) is 4.48. The molecule has 2 N–H and O–H groups in total. The molecule has 25 heavy (non-hydrogen) atoms. The van der Waals surface area contributed by atoms with Gasteiger partial charge in [-0.2, -0.15) is 0 Å². The summed E-state index contributed by atoms with van der Waals surface area (Å²) in [6.45, 7) is 0. The molecular weight excluding hydrogens is 332 g/mol. The molecule has 2 heterocycles. The summed E-state index contributed by atoms with van der Waals surface area (Å²) in [6, 6.07) is 10.7. The molecule has 1 aliphatic carbocycles. The lowest BCUT2D eigenvalue weighted by Gasteiger charge is -2.11. The third kappa shape index (κ3) is 3.62. The molecule has 7 heteroatoms. The molecule has 6 nitrogen and oxygen atoms in total. The molecule has 1 fully saturated rings. The van der Waals surface area contributed by atoms with Gasteiger partial charge in [-0.05, 0) is 24.8 Å². The molecule has 1 aliphatic rings.